The molecule has 1 unspecified atom stereocenters. The van der Waals surface area contributed by atoms with Crippen LogP contribution in [0.3, 0.4) is 0 Å². The smallest absolute Gasteiger partial charge is 0.401 e. The topological polar surface area (TPSA) is 165 Å². The summed E-state index contributed by atoms with van der Waals surface area (Å²) in [5.41, 5.74) is 3.32. The molecule has 44 heavy (non-hydrogen) atoms. The first-order chi connectivity index (χ1) is 20.6. The number of nitrogens with one attached hydrogen (secondary N) is 3. The zero-order valence-electron chi connectivity index (χ0n) is 22.4. The number of aromatic amines is 1. The first-order valence-electron chi connectivity index (χ1n) is 12.7. The first kappa shape index (κ1) is 30.7. The molecule has 2 heterocycles. The lowest BCUT2D eigenvalue weighted by atomic mass is 10.0. The summed E-state index contributed by atoms with van der Waals surface area (Å²) in [6.07, 6.45) is -5.73. The van der Waals surface area contributed by atoms with Crippen molar-refractivity contribution < 1.29 is 48.8 Å². The number of primary amides is 1. The van der Waals surface area contributed by atoms with Crippen LogP contribution >= 0.6 is 0 Å². The summed E-state index contributed by atoms with van der Waals surface area (Å²) in [6.45, 7) is 1.54. The maximum atomic E-state index is 13.5. The number of amides is 1. The molecule has 1 aliphatic rings. The van der Waals surface area contributed by atoms with Gasteiger partial charge >= 0.3 is 11.9 Å². The summed E-state index contributed by atoms with van der Waals surface area (Å²) in [5, 5.41) is 12.7. The first-order valence-corrected chi connectivity index (χ1v) is 14.2. The fourth-order valence-electron chi connectivity index (χ4n) is 4.41. The van der Waals surface area contributed by atoms with Crippen molar-refractivity contribution in [3.05, 3.63) is 71.2 Å². The standard InChI is InChI=1S/C26H22F6N6O5S/c1-12(13-2-5-15(27)6-3-13)42-17-10-14(4-7-16(17)38-44(40,41)24(28)29)21-20(22(33)39)23(36-35-21)34-19-11-18(43-37-19)25(8-9-25)26(30,31)32/h2-7,10-12,24,38H,8-9H2,1H3,(H2,33,39)(H2,34,35,36,37). The summed E-state index contributed by atoms with van der Waals surface area (Å²) in [7, 11) is -5.13. The van der Waals surface area contributed by atoms with Crippen LogP contribution in [0.5, 0.6) is 5.75 Å². The van der Waals surface area contributed by atoms with E-state index in [4.69, 9.17) is 15.0 Å². The molecule has 18 heteroatoms. The zero-order valence-corrected chi connectivity index (χ0v) is 23.2. The Labute approximate surface area is 244 Å². The number of hydrogen-bond acceptors (Lipinski definition) is 8. The predicted molar refractivity (Wildman–Crippen MR) is 143 cm³/mol. The van der Waals surface area contributed by atoms with Gasteiger partial charge in [-0.05, 0) is 49.6 Å². The highest BCUT2D eigenvalue weighted by Gasteiger charge is 2.67. The van der Waals surface area contributed by atoms with Gasteiger partial charge in [0, 0.05) is 11.6 Å². The van der Waals surface area contributed by atoms with Crippen molar-refractivity contribution in [1.82, 2.24) is 15.4 Å². The lowest BCUT2D eigenvalue weighted by Crippen LogP contribution is -2.28. The Bertz CT molecular complexity index is 1800. The molecule has 1 atom stereocenters. The van der Waals surface area contributed by atoms with Crippen molar-refractivity contribution >= 4 is 33.3 Å². The molecular formula is C26H22F6N6O5S. The average molecular weight is 645 g/mol. The van der Waals surface area contributed by atoms with Gasteiger partial charge in [-0.25, -0.2) is 12.8 Å². The second-order valence-electron chi connectivity index (χ2n) is 9.90. The summed E-state index contributed by atoms with van der Waals surface area (Å²) in [5.74, 6) is -6.41. The van der Waals surface area contributed by atoms with Crippen molar-refractivity contribution in [2.24, 2.45) is 5.73 Å². The molecule has 0 aliphatic heterocycles. The molecule has 0 saturated heterocycles. The van der Waals surface area contributed by atoms with E-state index in [1.165, 1.54) is 31.2 Å². The molecule has 1 fully saturated rings. The Hall–Kier alpha value is -4.74. The maximum absolute atomic E-state index is 13.5. The number of ether oxygens (including phenoxy) is 1. The van der Waals surface area contributed by atoms with E-state index in [1.807, 2.05) is 0 Å². The number of carbonyl (C=O) groups is 1. The Morgan fingerprint density at radius 1 is 1.14 bits per heavy atom. The van der Waals surface area contributed by atoms with E-state index < -0.39 is 51.0 Å². The van der Waals surface area contributed by atoms with Gasteiger partial charge in [0.1, 0.15) is 28.6 Å². The summed E-state index contributed by atoms with van der Waals surface area (Å²) < 4.78 is 116. The van der Waals surface area contributed by atoms with E-state index in [1.54, 1.807) is 4.72 Å². The highest BCUT2D eigenvalue weighted by Crippen LogP contribution is 2.59. The van der Waals surface area contributed by atoms with Crippen LogP contribution in [0.25, 0.3) is 11.3 Å². The van der Waals surface area contributed by atoms with Gasteiger partial charge in [0.05, 0.1) is 11.4 Å². The molecule has 0 bridgehead atoms. The van der Waals surface area contributed by atoms with Crippen molar-refractivity contribution in [3.63, 3.8) is 0 Å². The molecule has 0 spiro atoms. The Balaban J connectivity index is 1.49. The normalized spacial score (nSPS) is 15.2. The number of alkyl halides is 5. The molecular weight excluding hydrogens is 622 g/mol. The molecule has 4 aromatic rings. The number of rotatable bonds is 11. The monoisotopic (exact) mass is 644 g/mol. The van der Waals surface area contributed by atoms with Gasteiger partial charge < -0.3 is 20.3 Å². The quantitative estimate of drug-likeness (QED) is 0.150. The predicted octanol–water partition coefficient (Wildman–Crippen LogP) is 5.74. The van der Waals surface area contributed by atoms with E-state index in [2.05, 4.69) is 20.7 Å². The van der Waals surface area contributed by atoms with Crippen LogP contribution in [0.4, 0.5) is 43.7 Å². The fraction of sp³-hybridized carbons (Fsp3) is 0.269. The Morgan fingerprint density at radius 3 is 2.41 bits per heavy atom. The van der Waals surface area contributed by atoms with Gasteiger partial charge in [-0.15, -0.1) is 0 Å². The number of hydrogen-bond donors (Lipinski definition) is 4. The van der Waals surface area contributed by atoms with Gasteiger partial charge in [0.25, 0.3) is 15.9 Å². The van der Waals surface area contributed by atoms with E-state index in [0.29, 0.717) is 5.56 Å². The van der Waals surface area contributed by atoms with E-state index in [9.17, 15) is 39.6 Å². The van der Waals surface area contributed by atoms with E-state index in [0.717, 1.165) is 24.3 Å². The molecule has 2 aromatic heterocycles. The average Bonchev–Trinajstić information content (AvgIpc) is 3.47. The van der Waals surface area contributed by atoms with E-state index in [-0.39, 0.29) is 52.7 Å². The van der Waals surface area contributed by atoms with Crippen molar-refractivity contribution in [2.45, 2.75) is 43.2 Å². The zero-order chi connectivity index (χ0) is 32.0. The van der Waals surface area contributed by atoms with Crippen molar-refractivity contribution in [3.8, 4) is 17.0 Å². The van der Waals surface area contributed by atoms with E-state index >= 15 is 0 Å². The van der Waals surface area contributed by atoms with Gasteiger partial charge in [0.15, 0.2) is 17.4 Å². The maximum Gasteiger partial charge on any atom is 0.401 e. The number of anilines is 3. The molecule has 234 valence electrons. The number of H-pyrrole nitrogens is 1. The number of carbonyl (C=O) groups excluding carboxylic acids is 1. The third kappa shape index (κ3) is 5.88. The second kappa shape index (κ2) is 11.1. The van der Waals surface area contributed by atoms with Crippen LogP contribution in [0.2, 0.25) is 0 Å². The fourth-order valence-corrected chi connectivity index (χ4v) is 4.97. The summed E-state index contributed by atoms with van der Waals surface area (Å²) >= 11 is 0. The summed E-state index contributed by atoms with van der Waals surface area (Å²) in [6, 6.07) is 9.72. The lowest BCUT2D eigenvalue weighted by Gasteiger charge is -2.19. The SMILES string of the molecule is CC(Oc1cc(-c2[nH]nc(Nc3cc(C4(C(F)(F)F)CC4)on3)c2C(N)=O)ccc1NS(=O)(=O)C(F)F)c1ccc(F)cc1. The number of nitrogens with zero attached hydrogens (tertiary/aromatic N) is 2. The number of nitrogens with two attached hydrogens (primary N) is 1. The molecule has 1 aliphatic carbocycles. The Kier molecular flexibility index (Phi) is 7.73. The van der Waals surface area contributed by atoms with Gasteiger partial charge in [-0.3, -0.25) is 14.6 Å². The third-order valence-electron chi connectivity index (χ3n) is 6.93. The van der Waals surface area contributed by atoms with Gasteiger partial charge in [-0.2, -0.15) is 27.1 Å². The van der Waals surface area contributed by atoms with Crippen LogP contribution in [0.15, 0.2) is 53.1 Å². The molecule has 2 aromatic carbocycles. The molecule has 5 rings (SSSR count). The van der Waals surface area contributed by atoms with Crippen LogP contribution in [-0.2, 0) is 15.4 Å². The van der Waals surface area contributed by atoms with Gasteiger partial charge in [-0.1, -0.05) is 23.4 Å². The van der Waals surface area contributed by atoms with Crippen LogP contribution in [0.1, 0.15) is 47.6 Å². The molecule has 5 N–H and O–H groups in total. The Morgan fingerprint density at radius 2 is 1.82 bits per heavy atom. The highest BCUT2D eigenvalue weighted by atomic mass is 32.2. The molecule has 11 nitrogen and oxygen atoms in total. The number of benzene rings is 2. The van der Waals surface area contributed by atoms with Crippen molar-refractivity contribution in [1.29, 1.82) is 0 Å². The minimum Gasteiger partial charge on any atom is -0.484 e. The molecule has 0 radical (unpaired) electrons. The summed E-state index contributed by atoms with van der Waals surface area (Å²) in [4.78, 5) is 12.5. The van der Waals surface area contributed by atoms with Crippen LogP contribution in [-0.4, -0.2) is 41.6 Å². The number of halogens is 6. The largest absolute Gasteiger partial charge is 0.484 e. The minimum absolute atomic E-state index is 0.0415. The highest BCUT2D eigenvalue weighted by molar-refractivity contribution is 7.93. The molecule has 1 saturated carbocycles. The second-order valence-corrected chi connectivity index (χ2v) is 11.5. The molecule has 1 amide bonds. The third-order valence-corrected chi connectivity index (χ3v) is 7.91. The number of aromatic nitrogens is 3. The van der Waals surface area contributed by atoms with Crippen LogP contribution < -0.4 is 20.5 Å². The number of sulfonamides is 1. The van der Waals surface area contributed by atoms with Crippen LogP contribution in [0, 0.1) is 5.82 Å². The lowest BCUT2D eigenvalue weighted by molar-refractivity contribution is -0.165. The van der Waals surface area contributed by atoms with Gasteiger partial charge in [0.2, 0.25) is 0 Å². The van der Waals surface area contributed by atoms with Crippen molar-refractivity contribution in [2.75, 3.05) is 10.0 Å². The minimum atomic E-state index is -5.13.